The van der Waals surface area contributed by atoms with Crippen molar-refractivity contribution in [3.63, 3.8) is 0 Å². The Bertz CT molecular complexity index is 732. The molecular weight excluding hydrogens is 348 g/mol. The average Bonchev–Trinajstić information content (AvgIpc) is 2.99. The van der Waals surface area contributed by atoms with Gasteiger partial charge in [0.05, 0.1) is 12.6 Å². The van der Waals surface area contributed by atoms with E-state index in [2.05, 4.69) is 41.4 Å². The van der Waals surface area contributed by atoms with Crippen molar-refractivity contribution in [2.45, 2.75) is 45.6 Å². The lowest BCUT2D eigenvalue weighted by Crippen LogP contribution is -2.38. The third-order valence-electron chi connectivity index (χ3n) is 5.43. The molecule has 1 fully saturated rings. The molecule has 0 bridgehead atoms. The number of benzene rings is 2. The number of carbonyl (C=O) groups is 1. The second-order valence-corrected chi connectivity index (χ2v) is 7.54. The van der Waals surface area contributed by atoms with Crippen molar-refractivity contribution in [2.24, 2.45) is 0 Å². The van der Waals surface area contributed by atoms with Crippen molar-refractivity contribution in [1.29, 1.82) is 0 Å². The van der Waals surface area contributed by atoms with Gasteiger partial charge in [-0.15, -0.1) is 0 Å². The summed E-state index contributed by atoms with van der Waals surface area (Å²) in [6.07, 6.45) is 5.07. The van der Waals surface area contributed by atoms with E-state index in [1.165, 1.54) is 36.8 Å². The molecule has 2 aromatic rings. The van der Waals surface area contributed by atoms with E-state index >= 15 is 0 Å². The van der Waals surface area contributed by atoms with Gasteiger partial charge in [-0.1, -0.05) is 42.7 Å². The van der Waals surface area contributed by atoms with Crippen molar-refractivity contribution in [1.82, 2.24) is 10.2 Å². The number of aryl methyl sites for hydroxylation is 1. The van der Waals surface area contributed by atoms with Crippen LogP contribution in [0.1, 0.15) is 60.1 Å². The summed E-state index contributed by atoms with van der Waals surface area (Å²) in [4.78, 5) is 15.2. The summed E-state index contributed by atoms with van der Waals surface area (Å²) in [6, 6.07) is 16.3. The lowest BCUT2D eigenvalue weighted by atomic mass is 10.0. The fourth-order valence-corrected chi connectivity index (χ4v) is 3.81. The maximum atomic E-state index is 12.7. The van der Waals surface area contributed by atoms with Gasteiger partial charge in [-0.05, 0) is 69.6 Å². The Morgan fingerprint density at radius 3 is 2.25 bits per heavy atom. The highest BCUT2D eigenvalue weighted by atomic mass is 16.5. The second-order valence-electron chi connectivity index (χ2n) is 7.54. The van der Waals surface area contributed by atoms with E-state index in [9.17, 15) is 4.79 Å². The molecule has 0 saturated carbocycles. The first kappa shape index (κ1) is 20.4. The molecule has 0 radical (unpaired) electrons. The van der Waals surface area contributed by atoms with E-state index in [0.29, 0.717) is 18.7 Å². The third kappa shape index (κ3) is 5.59. The number of amides is 1. The van der Waals surface area contributed by atoms with Crippen LogP contribution in [0.3, 0.4) is 0 Å². The molecule has 1 heterocycles. The van der Waals surface area contributed by atoms with Crippen molar-refractivity contribution in [2.75, 3.05) is 26.2 Å². The molecule has 1 saturated heterocycles. The zero-order valence-electron chi connectivity index (χ0n) is 17.1. The summed E-state index contributed by atoms with van der Waals surface area (Å²) in [6.45, 7) is 7.50. The van der Waals surface area contributed by atoms with E-state index in [1.807, 2.05) is 31.2 Å². The predicted molar refractivity (Wildman–Crippen MR) is 114 cm³/mol. The van der Waals surface area contributed by atoms with Crippen molar-refractivity contribution in [3.05, 3.63) is 65.2 Å². The highest BCUT2D eigenvalue weighted by Gasteiger charge is 2.22. The number of rotatable bonds is 7. The van der Waals surface area contributed by atoms with Gasteiger partial charge in [0, 0.05) is 12.1 Å². The number of likely N-dealkylation sites (tertiary alicyclic amines) is 1. The summed E-state index contributed by atoms with van der Waals surface area (Å²) in [5, 5.41) is 3.16. The number of ether oxygens (including phenoxy) is 1. The minimum Gasteiger partial charge on any atom is -0.494 e. The minimum absolute atomic E-state index is 0.0324. The molecule has 4 nitrogen and oxygen atoms in total. The van der Waals surface area contributed by atoms with Gasteiger partial charge in [-0.3, -0.25) is 9.69 Å². The molecule has 1 aliphatic rings. The van der Waals surface area contributed by atoms with Crippen LogP contribution < -0.4 is 10.1 Å². The van der Waals surface area contributed by atoms with E-state index in [4.69, 9.17) is 4.74 Å². The van der Waals surface area contributed by atoms with Crippen LogP contribution in [0, 0.1) is 6.92 Å². The average molecular weight is 381 g/mol. The lowest BCUT2D eigenvalue weighted by Gasteiger charge is -2.31. The molecule has 0 unspecified atom stereocenters. The quantitative estimate of drug-likeness (QED) is 0.754. The Morgan fingerprint density at radius 2 is 1.64 bits per heavy atom. The van der Waals surface area contributed by atoms with Gasteiger partial charge in [-0.2, -0.15) is 0 Å². The van der Waals surface area contributed by atoms with Crippen LogP contribution in [0.5, 0.6) is 5.75 Å². The van der Waals surface area contributed by atoms with Gasteiger partial charge in [0.25, 0.3) is 5.91 Å². The number of nitrogens with zero attached hydrogens (tertiary/aromatic N) is 1. The topological polar surface area (TPSA) is 41.6 Å². The summed E-state index contributed by atoms with van der Waals surface area (Å²) in [7, 11) is 0. The van der Waals surface area contributed by atoms with Gasteiger partial charge in [-0.25, -0.2) is 0 Å². The third-order valence-corrected chi connectivity index (χ3v) is 5.43. The molecule has 1 atom stereocenters. The second kappa shape index (κ2) is 10.3. The number of hydrogen-bond acceptors (Lipinski definition) is 3. The zero-order chi connectivity index (χ0) is 19.8. The Morgan fingerprint density at radius 1 is 1.00 bits per heavy atom. The van der Waals surface area contributed by atoms with Crippen LogP contribution in [0.4, 0.5) is 0 Å². The molecule has 150 valence electrons. The molecule has 0 aromatic heterocycles. The van der Waals surface area contributed by atoms with Gasteiger partial charge < -0.3 is 10.1 Å². The van der Waals surface area contributed by atoms with Crippen LogP contribution in [-0.2, 0) is 0 Å². The smallest absolute Gasteiger partial charge is 0.251 e. The molecule has 28 heavy (non-hydrogen) atoms. The zero-order valence-corrected chi connectivity index (χ0v) is 17.1. The van der Waals surface area contributed by atoms with Gasteiger partial charge in [0.1, 0.15) is 5.75 Å². The van der Waals surface area contributed by atoms with Crippen LogP contribution in [0.15, 0.2) is 48.5 Å². The van der Waals surface area contributed by atoms with Crippen molar-refractivity contribution >= 4 is 5.91 Å². The standard InChI is InChI=1S/C24H32N2O2/c1-3-28-22-14-12-21(13-15-22)24(27)25-18-23(20-10-8-19(2)9-11-20)26-16-6-4-5-7-17-26/h8-15,23H,3-7,16-18H2,1-2H3,(H,25,27)/t23-/m0/s1. The first-order valence-electron chi connectivity index (χ1n) is 10.5. The van der Waals surface area contributed by atoms with Gasteiger partial charge in [0.15, 0.2) is 0 Å². The van der Waals surface area contributed by atoms with Crippen molar-refractivity contribution < 1.29 is 9.53 Å². The molecule has 1 N–H and O–H groups in total. The van der Waals surface area contributed by atoms with Gasteiger partial charge in [0.2, 0.25) is 0 Å². The molecule has 0 aliphatic carbocycles. The van der Waals surface area contributed by atoms with Crippen LogP contribution in [0.25, 0.3) is 0 Å². The van der Waals surface area contributed by atoms with Crippen LogP contribution >= 0.6 is 0 Å². The number of nitrogens with one attached hydrogen (secondary N) is 1. The van der Waals surface area contributed by atoms with E-state index in [0.717, 1.165) is 18.8 Å². The summed E-state index contributed by atoms with van der Waals surface area (Å²) in [5.41, 5.74) is 3.21. The van der Waals surface area contributed by atoms with E-state index in [-0.39, 0.29) is 11.9 Å². The van der Waals surface area contributed by atoms with Gasteiger partial charge >= 0.3 is 0 Å². The minimum atomic E-state index is -0.0324. The summed E-state index contributed by atoms with van der Waals surface area (Å²) < 4.78 is 5.46. The first-order chi connectivity index (χ1) is 13.7. The van der Waals surface area contributed by atoms with E-state index in [1.54, 1.807) is 0 Å². The highest BCUT2D eigenvalue weighted by Crippen LogP contribution is 2.24. The molecule has 2 aromatic carbocycles. The predicted octanol–water partition coefficient (Wildman–Crippen LogP) is 4.74. The Hall–Kier alpha value is -2.33. The maximum Gasteiger partial charge on any atom is 0.251 e. The fourth-order valence-electron chi connectivity index (χ4n) is 3.81. The molecule has 1 aliphatic heterocycles. The molecular formula is C24H32N2O2. The summed E-state index contributed by atoms with van der Waals surface area (Å²) in [5.74, 6) is 0.760. The maximum absolute atomic E-state index is 12.7. The Balaban J connectivity index is 1.69. The molecule has 1 amide bonds. The SMILES string of the molecule is CCOc1ccc(C(=O)NC[C@@H](c2ccc(C)cc2)N2CCCCCC2)cc1. The molecule has 3 rings (SSSR count). The Kier molecular flexibility index (Phi) is 7.49. The number of carbonyl (C=O) groups excluding carboxylic acids is 1. The fraction of sp³-hybridized carbons (Fsp3) is 0.458. The van der Waals surface area contributed by atoms with Crippen LogP contribution in [0.2, 0.25) is 0 Å². The normalized spacial score (nSPS) is 16.2. The highest BCUT2D eigenvalue weighted by molar-refractivity contribution is 5.94. The van der Waals surface area contributed by atoms with E-state index < -0.39 is 0 Å². The lowest BCUT2D eigenvalue weighted by molar-refractivity contribution is 0.0933. The monoisotopic (exact) mass is 380 g/mol. The Labute approximate surface area is 168 Å². The van der Waals surface area contributed by atoms with Crippen molar-refractivity contribution in [3.8, 4) is 5.75 Å². The summed E-state index contributed by atoms with van der Waals surface area (Å²) >= 11 is 0. The first-order valence-corrected chi connectivity index (χ1v) is 10.5. The molecule has 0 spiro atoms. The number of hydrogen-bond donors (Lipinski definition) is 1. The largest absolute Gasteiger partial charge is 0.494 e. The molecule has 4 heteroatoms. The van der Waals surface area contributed by atoms with Crippen LogP contribution in [-0.4, -0.2) is 37.0 Å².